The number of hydrogen-bond acceptors (Lipinski definition) is 43. The molecule has 14 rings (SSSR count). The summed E-state index contributed by atoms with van der Waals surface area (Å²) in [6.07, 6.45) is -8.50. The Bertz CT molecular complexity index is 6430. The van der Waals surface area contributed by atoms with Crippen molar-refractivity contribution >= 4 is 106 Å². The number of aliphatic hydroxyl groups is 3. The van der Waals surface area contributed by atoms with E-state index < -0.39 is 179 Å². The van der Waals surface area contributed by atoms with Gasteiger partial charge >= 0.3 is 54.6 Å². The molecule has 0 saturated carbocycles. The number of fused-ring (bicyclic) bond motifs is 2. The molecule has 4 fully saturated rings. The van der Waals surface area contributed by atoms with E-state index in [1.54, 1.807) is 42.5 Å². The van der Waals surface area contributed by atoms with Crippen LogP contribution in [0, 0.1) is 29.2 Å². The summed E-state index contributed by atoms with van der Waals surface area (Å²) in [5, 5.41) is 53.0. The predicted molar refractivity (Wildman–Crippen MR) is 449 cm³/mol. The minimum Gasteiger partial charge on any atom is -0.452 e. The first-order valence-corrected chi connectivity index (χ1v) is 45.5. The molecule has 2 aromatic carbocycles. The summed E-state index contributed by atoms with van der Waals surface area (Å²) >= 11 is 0. The lowest BCUT2D eigenvalue weighted by Gasteiger charge is -2.23. The second-order valence-corrected chi connectivity index (χ2v) is 34.3. The highest BCUT2D eigenvalue weighted by Crippen LogP contribution is 2.52. The van der Waals surface area contributed by atoms with Crippen LogP contribution in [0.2, 0.25) is 0 Å². The van der Waals surface area contributed by atoms with E-state index in [2.05, 4.69) is 82.2 Å². The zero-order valence-corrected chi connectivity index (χ0v) is 72.9. The third-order valence-electron chi connectivity index (χ3n) is 19.8. The number of hydrogen-bond donors (Lipinski definition) is 14. The minimum absolute atomic E-state index is 0.0154. The summed E-state index contributed by atoms with van der Waals surface area (Å²) in [5.41, 5.74) is 22.8. The summed E-state index contributed by atoms with van der Waals surface area (Å²) in [6.45, 7) is 10.5. The van der Waals surface area contributed by atoms with Crippen LogP contribution in [0.5, 0.6) is 0 Å². The van der Waals surface area contributed by atoms with Crippen molar-refractivity contribution in [1.29, 1.82) is 10.5 Å². The smallest absolute Gasteiger partial charge is 0.452 e. The fraction of sp³-hybridized carbons (Fsp3) is 0.373. The van der Waals surface area contributed by atoms with Gasteiger partial charge in [0, 0.05) is 62.0 Å². The van der Waals surface area contributed by atoms with Crippen molar-refractivity contribution in [2.24, 2.45) is 0 Å². The lowest BCUT2D eigenvalue weighted by Crippen LogP contribution is -2.38. The van der Waals surface area contributed by atoms with Crippen molar-refractivity contribution in [3.63, 3.8) is 0 Å². The van der Waals surface area contributed by atoms with Gasteiger partial charge in [-0.25, -0.2) is 82.2 Å². The van der Waals surface area contributed by atoms with E-state index in [1.165, 1.54) is 76.9 Å². The van der Waals surface area contributed by atoms with Crippen LogP contribution in [-0.4, -0.2) is 230 Å². The molecule has 16 atom stereocenters. The molecule has 0 spiro atoms. The average Bonchev–Trinajstić information content (AvgIpc) is 1.61. The number of carbonyl (C=O) groups is 4. The number of nitrogen functional groups attached to an aromatic ring is 4. The van der Waals surface area contributed by atoms with Crippen LogP contribution in [0.25, 0.3) is 49.8 Å². The Kier molecular flexibility index (Phi) is 32.8. The zero-order chi connectivity index (χ0) is 96.7. The molecule has 134 heavy (non-hydrogen) atoms. The van der Waals surface area contributed by atoms with Gasteiger partial charge in [-0.3, -0.25) is 55.0 Å². The summed E-state index contributed by atoms with van der Waals surface area (Å²) in [5.74, 6) is -2.27. The number of anilines is 4. The molecule has 59 heteroatoms. The molecule has 8 aromatic heterocycles. The van der Waals surface area contributed by atoms with Gasteiger partial charge in [-0.2, -0.15) is 20.5 Å². The first-order valence-electron chi connectivity index (χ1n) is 39.4. The molecule has 0 bridgehead atoms. The fourth-order valence-corrected chi connectivity index (χ4v) is 16.1. The van der Waals surface area contributed by atoms with E-state index >= 15 is 0 Å². The number of phosphoric acid groups is 4. The standard InChI is InChI=1S/C36H39N11O16P2.C20H17N3O4.C19H26N8O13P2/c1-3-4-5-24(48)40-13-25-45-27(30(61-25)18-6-8-19(39-2)9-7-18)35(50)62-31-22(60-34(29(31)49)47-17-43-28-32(38)41-16-42-33(28)47)15-58-65(55,56)63-20-12-26(46-11-10-23(37)44-36(46)51)59-21(20)14-57-64(52,53)54;1-2-3-4-16(24)9-10-17-23-18(20(25)26-12-11-21)19(27-17)15-7-5-14(13-22)6-8-15;20-11-1-2-26(19(30)25-11)12-3-8(9(38-12)4-36-41(31,32)33)40-42(34,35)37-5-10-14(28)15(29)18(39-10)27-7-24-13-16(21)22-6-23-17(13)27/h3,6-11,16-17,20-22,26,29,31,34,49H,1,4-5,12-15H2,(H,40,48)(H,55,56)(H2,37,44,51)(H2,38,41,42)(H2,52,53,54);2,5-8H,1,3-4,9-10,12H2;1-2,6-10,12,14-15,18,28-29H,3-5H2,(H,34,35)(H2,20,25,30)(H2,21,22,23)(H2,31,32,33)/t20?,21-,22-,26-,29+,31?,34-;;8?,9-,10-,12-,14?,15+,18-/m1.1/s1. The van der Waals surface area contributed by atoms with Gasteiger partial charge in [-0.1, -0.05) is 36.4 Å². The number of nitrogens with two attached hydrogens (primary N) is 4. The summed E-state index contributed by atoms with van der Waals surface area (Å²) in [4.78, 5) is 177. The van der Waals surface area contributed by atoms with Crippen molar-refractivity contribution in [1.82, 2.24) is 73.4 Å². The lowest BCUT2D eigenvalue weighted by atomic mass is 10.1. The Morgan fingerprint density at radius 3 is 1.55 bits per heavy atom. The second-order valence-electron chi connectivity index (χ2n) is 29.0. The number of rotatable bonds is 37. The van der Waals surface area contributed by atoms with Gasteiger partial charge in [0.25, 0.3) is 0 Å². The number of carbonyl (C=O) groups excluding carboxylic acids is 4. The van der Waals surface area contributed by atoms with Gasteiger partial charge in [0.1, 0.15) is 115 Å². The van der Waals surface area contributed by atoms with Crippen LogP contribution in [0.4, 0.5) is 29.0 Å². The Hall–Kier alpha value is -12.9. The molecule has 6 unspecified atom stereocenters. The number of Topliss-reactive ketones (excluding diaryl/α,β-unsaturated/α-hetero) is 1. The first-order chi connectivity index (χ1) is 63.7. The number of nitriles is 2. The number of amides is 1. The Labute approximate surface area is 752 Å². The highest BCUT2D eigenvalue weighted by atomic mass is 31.2. The van der Waals surface area contributed by atoms with Crippen molar-refractivity contribution in [3.8, 4) is 34.8 Å². The van der Waals surface area contributed by atoms with Crippen molar-refractivity contribution in [2.45, 2.75) is 144 Å². The molecule has 1 amide bonds. The monoisotopic (exact) mass is 1940 g/mol. The van der Waals surface area contributed by atoms with Crippen LogP contribution >= 0.6 is 31.3 Å². The largest absolute Gasteiger partial charge is 0.472 e. The molecule has 0 aliphatic carbocycles. The molecule has 0 radical (unpaired) electrons. The molecule has 4 aliphatic rings. The van der Waals surface area contributed by atoms with Gasteiger partial charge < -0.3 is 110 Å². The van der Waals surface area contributed by atoms with Gasteiger partial charge in [0.2, 0.25) is 11.8 Å². The SMILES string of the molecule is C=CCCC(=O)CCc1nc(C(=O)OCC#N)c(-c2ccc(C#N)cc2)o1.Nc1ccn([C@H]2CC(OP(=O)(O)OC[C@H]3O[C@@H](n4cnc5c(N)ncnc54)[C@@H](O)C3O)[C@@H](COP(=O)(O)O)O2)c(=O)n1.[C-]#[N+]c1ccc(-c2oc(CNC(=O)CCC=C)nc2C(=O)OC2[C@@H](COP(=O)(O)OC3C[C@H](n4ccc(N)nc4=O)O[C@@H]3COP(=O)(O)O)O[C@@H](n3cnc4c(N)ncnc43)[C@H]2O)cc1. The van der Waals surface area contributed by atoms with E-state index in [0.717, 1.165) is 15.5 Å². The minimum atomic E-state index is -5.27. The van der Waals surface area contributed by atoms with E-state index in [-0.39, 0.29) is 136 Å². The van der Waals surface area contributed by atoms with Gasteiger partial charge in [0.15, 0.2) is 82.6 Å². The van der Waals surface area contributed by atoms with Crippen LogP contribution in [0.1, 0.15) is 108 Å². The van der Waals surface area contributed by atoms with E-state index in [1.807, 2.05) is 6.07 Å². The maximum Gasteiger partial charge on any atom is 0.472 e. The van der Waals surface area contributed by atoms with Gasteiger partial charge in [-0.15, -0.1) is 13.2 Å². The number of aliphatic hydroxyl groups excluding tert-OH is 3. The number of ether oxygens (including phenoxy) is 6. The summed E-state index contributed by atoms with van der Waals surface area (Å²) in [7, 11) is -20.3. The molecule has 10 aromatic rings. The van der Waals surface area contributed by atoms with Gasteiger partial charge in [-0.05, 0) is 49.2 Å². The number of aryl methyl sites for hydroxylation is 1. The quantitative estimate of drug-likeness (QED) is 0.0115. The molecular formula is C75H82N22O33P4. The van der Waals surface area contributed by atoms with E-state index in [9.17, 15) is 81.9 Å². The molecule has 710 valence electrons. The normalized spacial score (nSPS) is 22.4. The molecule has 55 nitrogen and oxygen atoms in total. The zero-order valence-electron chi connectivity index (χ0n) is 69.3. The number of phosphoric ester groups is 4. The number of imidazole rings is 2. The number of esters is 2. The Morgan fingerprint density at radius 2 is 1.05 bits per heavy atom. The highest BCUT2D eigenvalue weighted by molar-refractivity contribution is 7.47. The lowest BCUT2D eigenvalue weighted by molar-refractivity contribution is -0.121. The Morgan fingerprint density at radius 1 is 0.575 bits per heavy atom. The third-order valence-corrected chi connectivity index (χ3v) is 22.8. The highest BCUT2D eigenvalue weighted by Gasteiger charge is 2.52. The number of allylic oxidation sites excluding steroid dienone is 2. The summed E-state index contributed by atoms with van der Waals surface area (Å²) < 4.78 is 129. The predicted octanol–water partition coefficient (Wildman–Crippen LogP) is 2.55. The maximum atomic E-state index is 14.1. The van der Waals surface area contributed by atoms with Crippen molar-refractivity contribution in [2.75, 3.05) is 56.0 Å². The van der Waals surface area contributed by atoms with Crippen molar-refractivity contribution in [3.05, 3.63) is 185 Å². The average molecular weight is 1940 g/mol. The molecule has 12 heterocycles. The second kappa shape index (κ2) is 43.9. The number of nitrogens with zero attached hydrogens (tertiary/aromatic N) is 17. The number of aromatic nitrogens is 14. The van der Waals surface area contributed by atoms with Crippen LogP contribution in [-0.2, 0) is 96.4 Å². The van der Waals surface area contributed by atoms with Crippen LogP contribution in [0.15, 0.2) is 142 Å². The van der Waals surface area contributed by atoms with Crippen molar-refractivity contribution < 1.29 is 147 Å². The molecule has 18 N–H and O–H groups in total. The van der Waals surface area contributed by atoms with Crippen LogP contribution in [0.3, 0.4) is 0 Å². The third kappa shape index (κ3) is 25.5. The maximum absolute atomic E-state index is 14.1. The topological polar surface area (TPSA) is 806 Å². The molecular weight excluding hydrogens is 1860 g/mol. The number of ketones is 1. The first kappa shape index (κ1) is 100. The van der Waals surface area contributed by atoms with Crippen LogP contribution < -0.4 is 39.6 Å². The van der Waals surface area contributed by atoms with Gasteiger partial charge in [0.05, 0.1) is 63.8 Å². The van der Waals surface area contributed by atoms with E-state index in [4.69, 9.17) is 105 Å². The summed E-state index contributed by atoms with van der Waals surface area (Å²) in [6, 6.07) is 18.6. The fourth-order valence-electron chi connectivity index (χ4n) is 13.5. The molecule has 4 aliphatic heterocycles. The number of nitrogens with one attached hydrogen (secondary N) is 1. The molecule has 4 saturated heterocycles. The number of oxazole rings is 2. The number of benzene rings is 2. The van der Waals surface area contributed by atoms with E-state index in [0.29, 0.717) is 30.4 Å². The Balaban J connectivity index is 0.000000200.